The van der Waals surface area contributed by atoms with Gasteiger partial charge in [-0.25, -0.2) is 0 Å². The lowest BCUT2D eigenvalue weighted by atomic mass is 9.46. The van der Waals surface area contributed by atoms with Crippen LogP contribution in [0, 0.1) is 34.5 Å². The highest BCUT2D eigenvalue weighted by Gasteiger charge is 2.61. The minimum absolute atomic E-state index is 0.0655. The molecule has 0 aromatic rings. The minimum Gasteiger partial charge on any atom is -0.392 e. The lowest BCUT2D eigenvalue weighted by Crippen LogP contribution is -2.55. The van der Waals surface area contributed by atoms with Crippen molar-refractivity contribution >= 4 is 11.6 Å². The summed E-state index contributed by atoms with van der Waals surface area (Å²) < 4.78 is 0. The number of aliphatic hydroxyl groups is 1. The number of rotatable bonds is 1. The van der Waals surface area contributed by atoms with Crippen molar-refractivity contribution in [2.24, 2.45) is 34.5 Å². The SMILES string of the molecule is CC(=O)[C@H]1CC[C@H]2[C@@H]3[C@@H](O)CC4=CC(=O)CC[C@]4(C)[C@H]3CC[C@]12C. The molecule has 0 bridgehead atoms. The molecular weight excluding hydrogens is 300 g/mol. The van der Waals surface area contributed by atoms with Crippen LogP contribution in [0.1, 0.15) is 65.7 Å². The molecule has 3 nitrogen and oxygen atoms in total. The molecule has 0 saturated heterocycles. The van der Waals surface area contributed by atoms with Gasteiger partial charge in [-0.2, -0.15) is 0 Å². The fourth-order valence-electron chi connectivity index (χ4n) is 7.19. The molecule has 0 radical (unpaired) electrons. The van der Waals surface area contributed by atoms with Gasteiger partial charge in [0.25, 0.3) is 0 Å². The third-order valence-electron chi connectivity index (χ3n) is 8.47. The highest BCUT2D eigenvalue weighted by atomic mass is 16.3. The normalized spacial score (nSPS) is 50.6. The zero-order chi connectivity index (χ0) is 17.3. The Balaban J connectivity index is 1.72. The molecule has 24 heavy (non-hydrogen) atoms. The highest BCUT2D eigenvalue weighted by molar-refractivity contribution is 5.91. The molecule has 7 atom stereocenters. The number of hydrogen-bond donors (Lipinski definition) is 1. The monoisotopic (exact) mass is 330 g/mol. The van der Waals surface area contributed by atoms with Crippen molar-refractivity contribution in [1.82, 2.24) is 0 Å². The van der Waals surface area contributed by atoms with Crippen LogP contribution in [0.2, 0.25) is 0 Å². The molecule has 0 unspecified atom stereocenters. The fraction of sp³-hybridized carbons (Fsp3) is 0.810. The molecule has 0 aromatic carbocycles. The molecule has 3 heteroatoms. The average molecular weight is 330 g/mol. The Morgan fingerprint density at radius 2 is 1.92 bits per heavy atom. The van der Waals surface area contributed by atoms with Crippen LogP contribution in [0.5, 0.6) is 0 Å². The summed E-state index contributed by atoms with van der Waals surface area (Å²) >= 11 is 0. The van der Waals surface area contributed by atoms with Gasteiger partial charge in [0.2, 0.25) is 0 Å². The second-order valence-corrected chi connectivity index (χ2v) is 9.40. The molecule has 0 aromatic heterocycles. The molecule has 3 saturated carbocycles. The van der Waals surface area contributed by atoms with E-state index in [1.54, 1.807) is 6.92 Å². The molecule has 4 rings (SSSR count). The Labute approximate surface area is 144 Å². The summed E-state index contributed by atoms with van der Waals surface area (Å²) in [7, 11) is 0. The molecule has 1 N–H and O–H groups in total. The number of carbonyl (C=O) groups excluding carboxylic acids is 2. The molecule has 0 amide bonds. The van der Waals surface area contributed by atoms with Crippen molar-refractivity contribution in [2.75, 3.05) is 0 Å². The Morgan fingerprint density at radius 1 is 1.17 bits per heavy atom. The van der Waals surface area contributed by atoms with Gasteiger partial charge in [0.05, 0.1) is 6.10 Å². The predicted octanol–water partition coefficient (Wildman–Crippen LogP) is 3.69. The van der Waals surface area contributed by atoms with E-state index in [4.69, 9.17) is 0 Å². The maximum Gasteiger partial charge on any atom is 0.155 e. The van der Waals surface area contributed by atoms with Crippen LogP contribution in [-0.4, -0.2) is 22.8 Å². The predicted molar refractivity (Wildman–Crippen MR) is 92.3 cm³/mol. The van der Waals surface area contributed by atoms with Gasteiger partial charge in [-0.15, -0.1) is 0 Å². The van der Waals surface area contributed by atoms with Gasteiger partial charge >= 0.3 is 0 Å². The van der Waals surface area contributed by atoms with Crippen LogP contribution < -0.4 is 0 Å². The second-order valence-electron chi connectivity index (χ2n) is 9.40. The van der Waals surface area contributed by atoms with Crippen LogP contribution in [0.3, 0.4) is 0 Å². The number of ketones is 2. The molecule has 0 spiro atoms. The first-order valence-corrected chi connectivity index (χ1v) is 9.70. The van der Waals surface area contributed by atoms with Crippen molar-refractivity contribution in [1.29, 1.82) is 0 Å². The topological polar surface area (TPSA) is 54.4 Å². The number of carbonyl (C=O) groups is 2. The van der Waals surface area contributed by atoms with Gasteiger partial charge < -0.3 is 5.11 Å². The summed E-state index contributed by atoms with van der Waals surface area (Å²) in [6, 6.07) is 0. The van der Waals surface area contributed by atoms with Gasteiger partial charge in [0, 0.05) is 12.3 Å². The first kappa shape index (κ1) is 16.5. The molecule has 4 aliphatic carbocycles. The quantitative estimate of drug-likeness (QED) is 0.797. The van der Waals surface area contributed by atoms with E-state index in [2.05, 4.69) is 13.8 Å². The largest absolute Gasteiger partial charge is 0.392 e. The van der Waals surface area contributed by atoms with Gasteiger partial charge in [-0.1, -0.05) is 19.4 Å². The third-order valence-corrected chi connectivity index (χ3v) is 8.47. The van der Waals surface area contributed by atoms with Crippen LogP contribution in [0.25, 0.3) is 0 Å². The summed E-state index contributed by atoms with van der Waals surface area (Å²) in [5, 5.41) is 11.0. The van der Waals surface area contributed by atoms with Gasteiger partial charge in [0.15, 0.2) is 5.78 Å². The maximum absolute atomic E-state index is 12.2. The van der Waals surface area contributed by atoms with E-state index in [-0.39, 0.29) is 28.6 Å². The van der Waals surface area contributed by atoms with Crippen molar-refractivity contribution < 1.29 is 14.7 Å². The number of hydrogen-bond acceptors (Lipinski definition) is 3. The Morgan fingerprint density at radius 3 is 2.62 bits per heavy atom. The smallest absolute Gasteiger partial charge is 0.155 e. The summed E-state index contributed by atoms with van der Waals surface area (Å²) in [5.74, 6) is 1.95. The summed E-state index contributed by atoms with van der Waals surface area (Å²) in [5.41, 5.74) is 1.33. The molecule has 0 aliphatic heterocycles. The molecule has 3 fully saturated rings. The zero-order valence-electron chi connectivity index (χ0n) is 15.2. The van der Waals surface area contributed by atoms with Crippen molar-refractivity contribution in [3.63, 3.8) is 0 Å². The number of aliphatic hydroxyl groups excluding tert-OH is 1. The first-order chi connectivity index (χ1) is 11.3. The molecule has 0 heterocycles. The van der Waals surface area contributed by atoms with Crippen LogP contribution >= 0.6 is 0 Å². The van der Waals surface area contributed by atoms with Gasteiger partial charge in [0.1, 0.15) is 5.78 Å². The molecule has 132 valence electrons. The third kappa shape index (κ3) is 2.06. The van der Waals surface area contributed by atoms with E-state index in [1.807, 2.05) is 6.08 Å². The van der Waals surface area contributed by atoms with Crippen LogP contribution in [0.4, 0.5) is 0 Å². The van der Waals surface area contributed by atoms with Gasteiger partial charge in [-0.3, -0.25) is 9.59 Å². The van der Waals surface area contributed by atoms with E-state index in [1.165, 1.54) is 5.57 Å². The number of fused-ring (bicyclic) bond motifs is 5. The summed E-state index contributed by atoms with van der Waals surface area (Å²) in [4.78, 5) is 24.0. The lowest BCUT2D eigenvalue weighted by molar-refractivity contribution is -0.135. The minimum atomic E-state index is -0.351. The lowest BCUT2D eigenvalue weighted by Gasteiger charge is -2.59. The summed E-state index contributed by atoms with van der Waals surface area (Å²) in [6.45, 7) is 6.38. The standard InChI is InChI=1S/C21H30O3/c1-12(22)15-4-5-16-19-17(7-9-21(15,16)3)20(2)8-6-14(23)10-13(20)11-18(19)24/h10,15-19,24H,4-9,11H2,1-3H3/t15-,16+,17+,18+,19+,20+,21-/m1/s1. The van der Waals surface area contributed by atoms with Crippen molar-refractivity contribution in [2.45, 2.75) is 71.8 Å². The molecule has 4 aliphatic rings. The van der Waals surface area contributed by atoms with Crippen molar-refractivity contribution in [3.8, 4) is 0 Å². The van der Waals surface area contributed by atoms with E-state index in [0.717, 1.165) is 32.1 Å². The van der Waals surface area contributed by atoms with Crippen LogP contribution in [-0.2, 0) is 9.59 Å². The summed E-state index contributed by atoms with van der Waals surface area (Å²) in [6.07, 6.45) is 7.97. The fourth-order valence-corrected chi connectivity index (χ4v) is 7.19. The van der Waals surface area contributed by atoms with E-state index in [0.29, 0.717) is 36.4 Å². The maximum atomic E-state index is 12.2. The van der Waals surface area contributed by atoms with E-state index >= 15 is 0 Å². The Hall–Kier alpha value is -0.960. The highest BCUT2D eigenvalue weighted by Crippen LogP contribution is 2.66. The Kier molecular flexibility index (Phi) is 3.62. The van der Waals surface area contributed by atoms with Crippen LogP contribution in [0.15, 0.2) is 11.6 Å². The van der Waals surface area contributed by atoms with Gasteiger partial charge in [-0.05, 0) is 80.1 Å². The number of Topliss-reactive ketones (excluding diaryl/α,β-unsaturated/α-hetero) is 1. The first-order valence-electron chi connectivity index (χ1n) is 9.70. The van der Waals surface area contributed by atoms with Crippen molar-refractivity contribution in [3.05, 3.63) is 11.6 Å². The average Bonchev–Trinajstić information content (AvgIpc) is 2.86. The second kappa shape index (κ2) is 5.27. The Bertz CT molecular complexity index is 621. The van der Waals surface area contributed by atoms with E-state index < -0.39 is 0 Å². The molecular formula is C21H30O3. The van der Waals surface area contributed by atoms with E-state index in [9.17, 15) is 14.7 Å². The zero-order valence-corrected chi connectivity index (χ0v) is 15.2.